The lowest BCUT2D eigenvalue weighted by Gasteiger charge is -2.13. The van der Waals surface area contributed by atoms with Crippen molar-refractivity contribution in [3.05, 3.63) is 34.9 Å². The maximum Gasteiger partial charge on any atom is 0.310 e. The minimum atomic E-state index is -0.205. The van der Waals surface area contributed by atoms with Crippen LogP contribution in [0, 0.1) is 13.8 Å². The van der Waals surface area contributed by atoms with Crippen LogP contribution in [0.3, 0.4) is 0 Å². The van der Waals surface area contributed by atoms with Gasteiger partial charge in [-0.25, -0.2) is 0 Å². The van der Waals surface area contributed by atoms with Crippen molar-refractivity contribution in [3.8, 4) is 0 Å². The Morgan fingerprint density at radius 1 is 1.35 bits per heavy atom. The summed E-state index contributed by atoms with van der Waals surface area (Å²) in [5, 5.41) is 0. The van der Waals surface area contributed by atoms with Crippen molar-refractivity contribution in [2.24, 2.45) is 0 Å². The molecule has 0 heterocycles. The van der Waals surface area contributed by atoms with E-state index in [4.69, 9.17) is 9.47 Å². The van der Waals surface area contributed by atoms with Gasteiger partial charge in [-0.3, -0.25) is 4.79 Å². The summed E-state index contributed by atoms with van der Waals surface area (Å²) in [6.07, 6.45) is 0.124. The molecule has 3 nitrogen and oxygen atoms in total. The van der Waals surface area contributed by atoms with E-state index in [0.717, 1.165) is 11.1 Å². The number of hydrogen-bond acceptors (Lipinski definition) is 3. The third-order valence-corrected chi connectivity index (χ3v) is 2.79. The predicted octanol–water partition coefficient (Wildman–Crippen LogP) is 2.42. The van der Waals surface area contributed by atoms with Crippen molar-refractivity contribution in [2.45, 2.75) is 33.3 Å². The van der Waals surface area contributed by atoms with Crippen LogP contribution < -0.4 is 0 Å². The van der Waals surface area contributed by atoms with Gasteiger partial charge >= 0.3 is 5.97 Å². The molecular formula is C14H20O3. The smallest absolute Gasteiger partial charge is 0.310 e. The standard InChI is InChI=1S/C14H20O3/c1-10-6-5-7-13(12(10)3)8-14(15)17-11(2)9-16-4/h5-7,11H,8-9H2,1-4H3. The molecule has 0 saturated carbocycles. The SMILES string of the molecule is COCC(C)OC(=O)Cc1cccc(C)c1C. The van der Waals surface area contributed by atoms with Crippen LogP contribution in [0.15, 0.2) is 18.2 Å². The van der Waals surface area contributed by atoms with Crippen molar-refractivity contribution in [1.82, 2.24) is 0 Å². The van der Waals surface area contributed by atoms with E-state index in [1.807, 2.05) is 39.0 Å². The second kappa shape index (κ2) is 6.40. The number of methoxy groups -OCH3 is 1. The average molecular weight is 236 g/mol. The molecule has 0 amide bonds. The molecule has 1 aromatic carbocycles. The second-order valence-corrected chi connectivity index (χ2v) is 4.29. The number of carbonyl (C=O) groups is 1. The first kappa shape index (κ1) is 13.7. The maximum absolute atomic E-state index is 11.7. The van der Waals surface area contributed by atoms with E-state index in [9.17, 15) is 4.79 Å². The van der Waals surface area contributed by atoms with Crippen LogP contribution in [0.4, 0.5) is 0 Å². The molecule has 0 saturated heterocycles. The average Bonchev–Trinajstić information content (AvgIpc) is 2.25. The summed E-state index contributed by atoms with van der Waals surface area (Å²) < 4.78 is 10.1. The molecule has 0 aliphatic heterocycles. The second-order valence-electron chi connectivity index (χ2n) is 4.29. The lowest BCUT2D eigenvalue weighted by atomic mass is 10.0. The van der Waals surface area contributed by atoms with Gasteiger partial charge in [-0.05, 0) is 37.5 Å². The molecule has 0 aliphatic rings. The Morgan fingerprint density at radius 2 is 2.06 bits per heavy atom. The van der Waals surface area contributed by atoms with E-state index < -0.39 is 0 Å². The molecule has 0 bridgehead atoms. The van der Waals surface area contributed by atoms with Crippen molar-refractivity contribution in [2.75, 3.05) is 13.7 Å². The van der Waals surface area contributed by atoms with Crippen molar-refractivity contribution in [3.63, 3.8) is 0 Å². The van der Waals surface area contributed by atoms with Gasteiger partial charge in [-0.1, -0.05) is 18.2 Å². The van der Waals surface area contributed by atoms with Crippen LogP contribution in [-0.4, -0.2) is 25.8 Å². The zero-order valence-corrected chi connectivity index (χ0v) is 10.9. The summed E-state index contributed by atoms with van der Waals surface area (Å²) in [5.74, 6) is -0.205. The minimum Gasteiger partial charge on any atom is -0.460 e. The molecule has 94 valence electrons. The molecule has 1 aromatic rings. The molecule has 1 rings (SSSR count). The number of hydrogen-bond donors (Lipinski definition) is 0. The van der Waals surface area contributed by atoms with Gasteiger partial charge in [0.15, 0.2) is 0 Å². The number of rotatable bonds is 5. The van der Waals surface area contributed by atoms with Gasteiger partial charge < -0.3 is 9.47 Å². The van der Waals surface area contributed by atoms with Crippen molar-refractivity contribution < 1.29 is 14.3 Å². The first-order valence-electron chi connectivity index (χ1n) is 5.78. The van der Waals surface area contributed by atoms with Gasteiger partial charge in [-0.15, -0.1) is 0 Å². The first-order chi connectivity index (χ1) is 8.04. The first-order valence-corrected chi connectivity index (χ1v) is 5.78. The van der Waals surface area contributed by atoms with Crippen molar-refractivity contribution >= 4 is 5.97 Å². The molecule has 17 heavy (non-hydrogen) atoms. The van der Waals surface area contributed by atoms with Crippen LogP contribution in [-0.2, 0) is 20.7 Å². The molecule has 0 aromatic heterocycles. The zero-order chi connectivity index (χ0) is 12.8. The van der Waals surface area contributed by atoms with E-state index in [-0.39, 0.29) is 12.1 Å². The highest BCUT2D eigenvalue weighted by Gasteiger charge is 2.11. The van der Waals surface area contributed by atoms with E-state index in [0.29, 0.717) is 13.0 Å². The summed E-state index contributed by atoms with van der Waals surface area (Å²) in [7, 11) is 1.59. The summed E-state index contributed by atoms with van der Waals surface area (Å²) in [6, 6.07) is 5.96. The third kappa shape index (κ3) is 4.19. The Balaban J connectivity index is 2.59. The molecule has 0 spiro atoms. The fraction of sp³-hybridized carbons (Fsp3) is 0.500. The van der Waals surface area contributed by atoms with Gasteiger partial charge in [0.2, 0.25) is 0 Å². The third-order valence-electron chi connectivity index (χ3n) is 2.79. The van der Waals surface area contributed by atoms with Gasteiger partial charge in [0.1, 0.15) is 6.10 Å². The molecule has 0 aliphatic carbocycles. The highest BCUT2D eigenvalue weighted by molar-refractivity contribution is 5.73. The summed E-state index contributed by atoms with van der Waals surface area (Å²) in [4.78, 5) is 11.7. The minimum absolute atomic E-state index is 0.197. The Morgan fingerprint density at radius 3 is 2.71 bits per heavy atom. The maximum atomic E-state index is 11.7. The highest BCUT2D eigenvalue weighted by atomic mass is 16.6. The Bertz CT molecular complexity index is 385. The molecule has 0 fully saturated rings. The van der Waals surface area contributed by atoms with Crippen LogP contribution >= 0.6 is 0 Å². The van der Waals surface area contributed by atoms with E-state index in [1.54, 1.807) is 7.11 Å². The van der Waals surface area contributed by atoms with Crippen LogP contribution in [0.5, 0.6) is 0 Å². The van der Waals surface area contributed by atoms with E-state index in [2.05, 4.69) is 0 Å². The number of esters is 1. The van der Waals surface area contributed by atoms with Crippen LogP contribution in [0.25, 0.3) is 0 Å². The summed E-state index contributed by atoms with van der Waals surface area (Å²) in [6.45, 7) is 6.32. The zero-order valence-electron chi connectivity index (χ0n) is 10.9. The Kier molecular flexibility index (Phi) is 5.16. The highest BCUT2D eigenvalue weighted by Crippen LogP contribution is 2.14. The van der Waals surface area contributed by atoms with Crippen LogP contribution in [0.2, 0.25) is 0 Å². The number of carbonyl (C=O) groups excluding carboxylic acids is 1. The predicted molar refractivity (Wildman–Crippen MR) is 67.1 cm³/mol. The molecule has 0 radical (unpaired) electrons. The summed E-state index contributed by atoms with van der Waals surface area (Å²) >= 11 is 0. The monoisotopic (exact) mass is 236 g/mol. The van der Waals surface area contributed by atoms with Crippen molar-refractivity contribution in [1.29, 1.82) is 0 Å². The van der Waals surface area contributed by atoms with Crippen LogP contribution in [0.1, 0.15) is 23.6 Å². The number of benzene rings is 1. The van der Waals surface area contributed by atoms with Gasteiger partial charge in [-0.2, -0.15) is 0 Å². The Labute approximate surface area is 103 Å². The van der Waals surface area contributed by atoms with Gasteiger partial charge in [0, 0.05) is 7.11 Å². The topological polar surface area (TPSA) is 35.5 Å². The fourth-order valence-corrected chi connectivity index (χ4v) is 1.69. The summed E-state index contributed by atoms with van der Waals surface area (Å²) in [5.41, 5.74) is 3.38. The lowest BCUT2D eigenvalue weighted by Crippen LogP contribution is -2.21. The molecule has 3 heteroatoms. The number of ether oxygens (including phenoxy) is 2. The van der Waals surface area contributed by atoms with E-state index >= 15 is 0 Å². The lowest BCUT2D eigenvalue weighted by molar-refractivity contribution is -0.149. The Hall–Kier alpha value is -1.35. The molecule has 0 N–H and O–H groups in total. The van der Waals surface area contributed by atoms with E-state index in [1.165, 1.54) is 5.56 Å². The largest absolute Gasteiger partial charge is 0.460 e. The normalized spacial score (nSPS) is 12.2. The van der Waals surface area contributed by atoms with Gasteiger partial charge in [0.05, 0.1) is 13.0 Å². The van der Waals surface area contributed by atoms with Gasteiger partial charge in [0.25, 0.3) is 0 Å². The molecule has 1 unspecified atom stereocenters. The quantitative estimate of drug-likeness (QED) is 0.736. The molecule has 1 atom stereocenters. The molecular weight excluding hydrogens is 216 g/mol. The fourth-order valence-electron chi connectivity index (χ4n) is 1.69. The number of aryl methyl sites for hydroxylation is 1.